The molecule has 1 atom stereocenters. The number of hydrogen-bond donors (Lipinski definition) is 1. The lowest BCUT2D eigenvalue weighted by Crippen LogP contribution is -2.19. The third-order valence-corrected chi connectivity index (χ3v) is 5.95. The lowest BCUT2D eigenvalue weighted by Gasteiger charge is -2.24. The topological polar surface area (TPSA) is 85.0 Å². The van der Waals surface area contributed by atoms with E-state index < -0.39 is 10.0 Å². The second kappa shape index (κ2) is 7.89. The van der Waals surface area contributed by atoms with E-state index in [0.717, 1.165) is 22.6 Å². The Bertz CT molecular complexity index is 1180. The van der Waals surface area contributed by atoms with E-state index in [0.29, 0.717) is 12.1 Å². The molecule has 1 heterocycles. The number of nitrogens with zero attached hydrogens (tertiary/aromatic N) is 2. The summed E-state index contributed by atoms with van der Waals surface area (Å²) in [6, 6.07) is 20.0. The van der Waals surface area contributed by atoms with Crippen molar-refractivity contribution in [2.24, 2.45) is 10.2 Å². The van der Waals surface area contributed by atoms with Crippen molar-refractivity contribution in [1.29, 1.82) is 0 Å². The molecular formula is C22H20FN3O3S. The van der Waals surface area contributed by atoms with Crippen LogP contribution >= 0.6 is 0 Å². The summed E-state index contributed by atoms with van der Waals surface area (Å²) in [5.41, 5.74) is 3.42. The van der Waals surface area contributed by atoms with Crippen molar-refractivity contribution in [3.8, 4) is 5.75 Å². The molecule has 0 amide bonds. The molecule has 4 rings (SSSR count). The summed E-state index contributed by atoms with van der Waals surface area (Å²) >= 11 is 0. The highest BCUT2D eigenvalue weighted by Gasteiger charge is 2.30. The maximum Gasteiger partial charge on any atom is 0.238 e. The van der Waals surface area contributed by atoms with Gasteiger partial charge in [-0.05, 0) is 71.8 Å². The number of primary sulfonamides is 1. The third-order valence-electron chi connectivity index (χ3n) is 5.02. The minimum absolute atomic E-state index is 0.0307. The number of hydrogen-bond acceptors (Lipinski definition) is 5. The quantitative estimate of drug-likeness (QED) is 0.673. The van der Waals surface area contributed by atoms with E-state index in [1.165, 1.54) is 24.3 Å². The van der Waals surface area contributed by atoms with Crippen LogP contribution in [0.5, 0.6) is 5.75 Å². The number of nitrogens with two attached hydrogens (primary N) is 1. The van der Waals surface area contributed by atoms with Crippen molar-refractivity contribution in [3.05, 3.63) is 89.7 Å². The van der Waals surface area contributed by atoms with Gasteiger partial charge in [-0.15, -0.1) is 0 Å². The molecule has 0 saturated carbocycles. The summed E-state index contributed by atoms with van der Waals surface area (Å²) in [5, 5.41) is 11.8. The number of methoxy groups -OCH3 is 1. The van der Waals surface area contributed by atoms with Gasteiger partial charge < -0.3 is 4.74 Å². The summed E-state index contributed by atoms with van der Waals surface area (Å²) < 4.78 is 41.8. The fourth-order valence-electron chi connectivity index (χ4n) is 3.44. The molecule has 1 aliphatic heterocycles. The van der Waals surface area contributed by atoms with Gasteiger partial charge in [-0.3, -0.25) is 5.01 Å². The van der Waals surface area contributed by atoms with Gasteiger partial charge >= 0.3 is 0 Å². The first-order valence-corrected chi connectivity index (χ1v) is 10.8. The number of benzene rings is 3. The molecule has 3 aromatic rings. The van der Waals surface area contributed by atoms with Gasteiger partial charge in [0, 0.05) is 6.42 Å². The Morgan fingerprint density at radius 2 is 1.63 bits per heavy atom. The van der Waals surface area contributed by atoms with Crippen molar-refractivity contribution in [3.63, 3.8) is 0 Å². The van der Waals surface area contributed by atoms with Crippen LogP contribution in [-0.4, -0.2) is 21.2 Å². The molecule has 1 aliphatic rings. The molecule has 0 spiro atoms. The lowest BCUT2D eigenvalue weighted by atomic mass is 9.98. The van der Waals surface area contributed by atoms with Gasteiger partial charge in [0.25, 0.3) is 0 Å². The Labute approximate surface area is 174 Å². The molecular weight excluding hydrogens is 405 g/mol. The first-order chi connectivity index (χ1) is 14.3. The maximum atomic E-state index is 13.4. The number of hydrazone groups is 1. The fourth-order valence-corrected chi connectivity index (χ4v) is 3.95. The van der Waals surface area contributed by atoms with Crippen LogP contribution in [0.4, 0.5) is 10.1 Å². The van der Waals surface area contributed by atoms with E-state index in [-0.39, 0.29) is 16.8 Å². The SMILES string of the molecule is COc1ccc(C2=NN(c3ccc(S(N)(=O)=O)cc3)[C@H](c3ccc(F)cc3)C2)cc1. The molecule has 3 aromatic carbocycles. The molecule has 0 saturated heterocycles. The number of anilines is 1. The normalized spacial score (nSPS) is 16.4. The molecule has 6 nitrogen and oxygen atoms in total. The third kappa shape index (κ3) is 4.05. The molecule has 0 bridgehead atoms. The van der Waals surface area contributed by atoms with Gasteiger partial charge in [0.15, 0.2) is 0 Å². The predicted octanol–water partition coefficient (Wildman–Crippen LogP) is 3.84. The second-order valence-corrected chi connectivity index (χ2v) is 8.49. The number of halogens is 1. The Morgan fingerprint density at radius 3 is 2.20 bits per heavy atom. The van der Waals surface area contributed by atoms with Crippen molar-refractivity contribution in [1.82, 2.24) is 0 Å². The van der Waals surface area contributed by atoms with Crippen molar-refractivity contribution in [2.75, 3.05) is 12.1 Å². The zero-order chi connectivity index (χ0) is 21.3. The van der Waals surface area contributed by atoms with Crippen LogP contribution in [0.3, 0.4) is 0 Å². The smallest absolute Gasteiger partial charge is 0.238 e. The average molecular weight is 425 g/mol. The Hall–Kier alpha value is -3.23. The van der Waals surface area contributed by atoms with Gasteiger partial charge in [-0.1, -0.05) is 12.1 Å². The summed E-state index contributed by atoms with van der Waals surface area (Å²) in [7, 11) is -2.17. The Kier molecular flexibility index (Phi) is 5.27. The Balaban J connectivity index is 1.73. The van der Waals surface area contributed by atoms with Crippen molar-refractivity contribution in [2.45, 2.75) is 17.4 Å². The van der Waals surface area contributed by atoms with Gasteiger partial charge in [0.05, 0.1) is 29.4 Å². The van der Waals surface area contributed by atoms with E-state index in [2.05, 4.69) is 0 Å². The molecule has 0 unspecified atom stereocenters. The first kappa shape index (κ1) is 20.1. The molecule has 154 valence electrons. The summed E-state index contributed by atoms with van der Waals surface area (Å²) in [6.07, 6.45) is 0.606. The minimum atomic E-state index is -3.78. The second-order valence-electron chi connectivity index (χ2n) is 6.93. The van der Waals surface area contributed by atoms with Gasteiger partial charge in [-0.25, -0.2) is 17.9 Å². The molecule has 0 radical (unpaired) electrons. The summed E-state index contributed by atoms with van der Waals surface area (Å²) in [4.78, 5) is 0.0307. The van der Waals surface area contributed by atoms with E-state index in [4.69, 9.17) is 15.0 Å². The van der Waals surface area contributed by atoms with Gasteiger partial charge in [-0.2, -0.15) is 5.10 Å². The summed E-state index contributed by atoms with van der Waals surface area (Å²) in [5.74, 6) is 0.444. The van der Waals surface area contributed by atoms with Crippen LogP contribution in [0.25, 0.3) is 0 Å². The van der Waals surface area contributed by atoms with Crippen molar-refractivity contribution < 1.29 is 17.5 Å². The molecule has 2 N–H and O–H groups in total. The first-order valence-electron chi connectivity index (χ1n) is 9.24. The summed E-state index contributed by atoms with van der Waals surface area (Å²) in [6.45, 7) is 0. The van der Waals surface area contributed by atoms with Crippen LogP contribution < -0.4 is 14.9 Å². The zero-order valence-corrected chi connectivity index (χ0v) is 17.0. The number of sulfonamides is 1. The molecule has 8 heteroatoms. The highest BCUT2D eigenvalue weighted by molar-refractivity contribution is 7.89. The molecule has 0 aromatic heterocycles. The van der Waals surface area contributed by atoms with Crippen LogP contribution in [0.1, 0.15) is 23.6 Å². The van der Waals surface area contributed by atoms with E-state index in [1.807, 2.05) is 29.3 Å². The monoisotopic (exact) mass is 425 g/mol. The zero-order valence-electron chi connectivity index (χ0n) is 16.2. The fraction of sp³-hybridized carbons (Fsp3) is 0.136. The van der Waals surface area contributed by atoms with Gasteiger partial charge in [0.1, 0.15) is 11.6 Å². The van der Waals surface area contributed by atoms with E-state index in [1.54, 1.807) is 31.4 Å². The standard InChI is InChI=1S/C22H20FN3O3S/c1-29-19-10-4-15(5-11-19)21-14-22(16-2-6-17(23)7-3-16)26(25-21)18-8-12-20(13-9-18)30(24,27)28/h2-13,22H,14H2,1H3,(H2,24,27,28)/t22-/m0/s1. The van der Waals surface area contributed by atoms with Gasteiger partial charge in [0.2, 0.25) is 10.0 Å². The van der Waals surface area contributed by atoms with Crippen LogP contribution in [-0.2, 0) is 10.0 Å². The molecule has 0 aliphatic carbocycles. The maximum absolute atomic E-state index is 13.4. The van der Waals surface area contributed by atoms with E-state index in [9.17, 15) is 12.8 Å². The van der Waals surface area contributed by atoms with Crippen LogP contribution in [0.2, 0.25) is 0 Å². The molecule has 30 heavy (non-hydrogen) atoms. The van der Waals surface area contributed by atoms with E-state index >= 15 is 0 Å². The highest BCUT2D eigenvalue weighted by atomic mass is 32.2. The predicted molar refractivity (Wildman–Crippen MR) is 114 cm³/mol. The largest absolute Gasteiger partial charge is 0.497 e. The number of rotatable bonds is 5. The molecule has 0 fully saturated rings. The van der Waals surface area contributed by atoms with Crippen LogP contribution in [0.15, 0.2) is 82.8 Å². The minimum Gasteiger partial charge on any atom is -0.497 e. The highest BCUT2D eigenvalue weighted by Crippen LogP contribution is 2.37. The average Bonchev–Trinajstić information content (AvgIpc) is 3.19. The Morgan fingerprint density at radius 1 is 1.00 bits per heavy atom. The lowest BCUT2D eigenvalue weighted by molar-refractivity contribution is 0.415. The number of ether oxygens (including phenoxy) is 1. The van der Waals surface area contributed by atoms with Crippen molar-refractivity contribution >= 4 is 21.4 Å². The van der Waals surface area contributed by atoms with Crippen LogP contribution in [0, 0.1) is 5.82 Å².